The van der Waals surface area contributed by atoms with Gasteiger partial charge in [0.15, 0.2) is 0 Å². The third-order valence-electron chi connectivity index (χ3n) is 4.62. The van der Waals surface area contributed by atoms with E-state index in [0.717, 1.165) is 23.4 Å². The highest BCUT2D eigenvalue weighted by atomic mass is 32.2. The van der Waals surface area contributed by atoms with Gasteiger partial charge in [0.05, 0.1) is 16.6 Å². The topological polar surface area (TPSA) is 110 Å². The molecule has 0 bridgehead atoms. The van der Waals surface area contributed by atoms with Gasteiger partial charge in [-0.15, -0.1) is 0 Å². The molecular formula is C17H23N5O3S. The molecule has 2 heterocycles. The first-order valence-electron chi connectivity index (χ1n) is 8.37. The Bertz CT molecular complexity index is 951. The van der Waals surface area contributed by atoms with Crippen LogP contribution in [-0.2, 0) is 10.0 Å². The maximum absolute atomic E-state index is 12.6. The Morgan fingerprint density at radius 3 is 2.62 bits per heavy atom. The summed E-state index contributed by atoms with van der Waals surface area (Å²) in [5, 5.41) is 12.5. The summed E-state index contributed by atoms with van der Waals surface area (Å²) in [6.07, 6.45) is 0.825. The van der Waals surface area contributed by atoms with E-state index in [1.54, 1.807) is 17.9 Å². The fraction of sp³-hybridized carbons (Fsp3) is 0.412. The quantitative estimate of drug-likeness (QED) is 0.851. The van der Waals surface area contributed by atoms with Crippen LogP contribution in [-0.4, -0.2) is 42.2 Å². The van der Waals surface area contributed by atoms with Crippen LogP contribution in [0.25, 0.3) is 0 Å². The van der Waals surface area contributed by atoms with E-state index < -0.39 is 10.0 Å². The van der Waals surface area contributed by atoms with Gasteiger partial charge in [0.25, 0.3) is 0 Å². The molecule has 1 aliphatic rings. The number of likely N-dealkylation sites (tertiary alicyclic amines) is 1. The molecule has 1 fully saturated rings. The first-order chi connectivity index (χ1) is 12.1. The molecule has 1 atom stereocenters. The van der Waals surface area contributed by atoms with Crippen LogP contribution in [0.1, 0.15) is 29.4 Å². The van der Waals surface area contributed by atoms with Crippen molar-refractivity contribution in [1.82, 2.24) is 14.7 Å². The van der Waals surface area contributed by atoms with Crippen molar-refractivity contribution in [3.8, 4) is 0 Å². The van der Waals surface area contributed by atoms with Crippen molar-refractivity contribution in [2.45, 2.75) is 38.1 Å². The van der Waals surface area contributed by atoms with Crippen LogP contribution in [0.3, 0.4) is 0 Å². The minimum absolute atomic E-state index is 0.0275. The van der Waals surface area contributed by atoms with Crippen LogP contribution in [0.2, 0.25) is 0 Å². The lowest BCUT2D eigenvalue weighted by atomic mass is 10.2. The van der Waals surface area contributed by atoms with Crippen LogP contribution < -0.4 is 10.5 Å². The van der Waals surface area contributed by atoms with Crippen LogP contribution in [0.5, 0.6) is 0 Å². The molecule has 26 heavy (non-hydrogen) atoms. The summed E-state index contributed by atoms with van der Waals surface area (Å²) in [6.45, 7) is 6.92. The Labute approximate surface area is 153 Å². The first-order valence-corrected chi connectivity index (χ1v) is 9.92. The van der Waals surface area contributed by atoms with Crippen LogP contribution >= 0.6 is 0 Å². The number of hydrogen-bond acceptors (Lipinski definition) is 4. The Morgan fingerprint density at radius 2 is 2.00 bits per heavy atom. The molecule has 0 spiro atoms. The fourth-order valence-corrected chi connectivity index (χ4v) is 3.79. The van der Waals surface area contributed by atoms with Gasteiger partial charge in [-0.3, -0.25) is 4.68 Å². The molecule has 1 aliphatic heterocycles. The van der Waals surface area contributed by atoms with Gasteiger partial charge >= 0.3 is 6.03 Å². The zero-order valence-corrected chi connectivity index (χ0v) is 15.9. The van der Waals surface area contributed by atoms with Gasteiger partial charge in [0.1, 0.15) is 0 Å². The summed E-state index contributed by atoms with van der Waals surface area (Å²) in [5.41, 5.74) is 3.24. The van der Waals surface area contributed by atoms with Gasteiger partial charge in [-0.2, -0.15) is 5.10 Å². The highest BCUT2D eigenvalue weighted by Crippen LogP contribution is 2.25. The van der Waals surface area contributed by atoms with E-state index in [1.165, 1.54) is 12.1 Å². The Morgan fingerprint density at radius 1 is 1.27 bits per heavy atom. The fourth-order valence-electron chi connectivity index (χ4n) is 3.25. The average Bonchev–Trinajstić information content (AvgIpc) is 3.14. The molecule has 3 N–H and O–H groups in total. The predicted molar refractivity (Wildman–Crippen MR) is 98.5 cm³/mol. The minimum atomic E-state index is -3.82. The number of hydrogen-bond donors (Lipinski definition) is 2. The SMILES string of the molecule is Cc1cc(C)n([C@@H]2CCN(C(=O)Nc3cc(S(N)(=O)=O)ccc3C)C2)n1. The van der Waals surface area contributed by atoms with E-state index in [-0.39, 0.29) is 17.0 Å². The van der Waals surface area contributed by atoms with Crippen molar-refractivity contribution in [1.29, 1.82) is 0 Å². The number of amides is 2. The number of aromatic nitrogens is 2. The van der Waals surface area contributed by atoms with Crippen molar-refractivity contribution in [2.75, 3.05) is 18.4 Å². The summed E-state index contributed by atoms with van der Waals surface area (Å²) in [6, 6.07) is 6.34. The van der Waals surface area contributed by atoms with Crippen LogP contribution in [0.4, 0.5) is 10.5 Å². The second-order valence-corrected chi connectivity index (χ2v) is 8.27. The van der Waals surface area contributed by atoms with Crippen LogP contribution in [0, 0.1) is 20.8 Å². The summed E-state index contributed by atoms with van der Waals surface area (Å²) in [5.74, 6) is 0. The summed E-state index contributed by atoms with van der Waals surface area (Å²) in [4.78, 5) is 14.3. The lowest BCUT2D eigenvalue weighted by molar-refractivity contribution is 0.220. The Kier molecular flexibility index (Phi) is 4.76. The summed E-state index contributed by atoms with van der Waals surface area (Å²) in [7, 11) is -3.82. The van der Waals surface area contributed by atoms with Crippen molar-refractivity contribution in [3.63, 3.8) is 0 Å². The number of carbonyl (C=O) groups excluding carboxylic acids is 1. The number of rotatable bonds is 3. The molecule has 9 heteroatoms. The Balaban J connectivity index is 1.72. The lowest BCUT2D eigenvalue weighted by Gasteiger charge is -2.19. The maximum atomic E-state index is 12.6. The smallest absolute Gasteiger partial charge is 0.321 e. The molecular weight excluding hydrogens is 354 g/mol. The van der Waals surface area contributed by atoms with Gasteiger partial charge in [-0.05, 0) is 51.0 Å². The number of anilines is 1. The molecule has 0 radical (unpaired) electrons. The van der Waals surface area contributed by atoms with Gasteiger partial charge in [0, 0.05) is 24.5 Å². The minimum Gasteiger partial charge on any atom is -0.322 e. The Hall–Kier alpha value is -2.39. The molecule has 140 valence electrons. The van der Waals surface area contributed by atoms with Crippen molar-refractivity contribution < 1.29 is 13.2 Å². The summed E-state index contributed by atoms with van der Waals surface area (Å²) < 4.78 is 25.0. The second-order valence-electron chi connectivity index (χ2n) is 6.71. The molecule has 1 aromatic heterocycles. The van der Waals surface area contributed by atoms with Crippen molar-refractivity contribution >= 4 is 21.7 Å². The third kappa shape index (κ3) is 3.73. The highest BCUT2D eigenvalue weighted by Gasteiger charge is 2.29. The number of nitrogens with one attached hydrogen (secondary N) is 1. The summed E-state index contributed by atoms with van der Waals surface area (Å²) >= 11 is 0. The zero-order chi connectivity index (χ0) is 19.1. The highest BCUT2D eigenvalue weighted by molar-refractivity contribution is 7.89. The molecule has 1 saturated heterocycles. The number of benzene rings is 1. The number of urea groups is 1. The van der Waals surface area contributed by atoms with E-state index in [2.05, 4.69) is 10.4 Å². The number of nitrogens with zero attached hydrogens (tertiary/aromatic N) is 3. The molecule has 3 rings (SSSR count). The van der Waals surface area contributed by atoms with Gasteiger partial charge < -0.3 is 10.2 Å². The number of carbonyl (C=O) groups is 1. The molecule has 0 aliphatic carbocycles. The van der Waals surface area contributed by atoms with E-state index in [1.807, 2.05) is 24.6 Å². The molecule has 8 nitrogen and oxygen atoms in total. The third-order valence-corrected chi connectivity index (χ3v) is 5.53. The molecule has 0 unspecified atom stereocenters. The van der Waals surface area contributed by atoms with E-state index in [4.69, 9.17) is 5.14 Å². The molecule has 0 saturated carbocycles. The predicted octanol–water partition coefficient (Wildman–Crippen LogP) is 1.93. The van der Waals surface area contributed by atoms with Gasteiger partial charge in [-0.25, -0.2) is 18.4 Å². The second kappa shape index (κ2) is 6.73. The van der Waals surface area contributed by atoms with E-state index in [0.29, 0.717) is 18.8 Å². The van der Waals surface area contributed by atoms with E-state index >= 15 is 0 Å². The largest absolute Gasteiger partial charge is 0.322 e. The van der Waals surface area contributed by atoms with Crippen LogP contribution in [0.15, 0.2) is 29.2 Å². The number of primary sulfonamides is 1. The molecule has 1 aromatic carbocycles. The normalized spacial score (nSPS) is 17.5. The van der Waals surface area contributed by atoms with Crippen molar-refractivity contribution in [3.05, 3.63) is 41.2 Å². The standard InChI is InChI=1S/C17H23N5O3S/c1-11-4-5-15(26(18,24)25)9-16(11)19-17(23)21-7-6-14(10-21)22-13(3)8-12(2)20-22/h4-5,8-9,14H,6-7,10H2,1-3H3,(H,19,23)(H2,18,24,25)/t14-/m1/s1. The average molecular weight is 377 g/mol. The first kappa shape index (κ1) is 18.4. The number of aryl methyl sites for hydroxylation is 3. The molecule has 2 amide bonds. The lowest BCUT2D eigenvalue weighted by Crippen LogP contribution is -2.33. The van der Waals surface area contributed by atoms with E-state index in [9.17, 15) is 13.2 Å². The van der Waals surface area contributed by atoms with Gasteiger partial charge in [0.2, 0.25) is 10.0 Å². The monoisotopic (exact) mass is 377 g/mol. The number of nitrogens with two attached hydrogens (primary N) is 1. The molecule has 2 aromatic rings. The zero-order valence-electron chi connectivity index (χ0n) is 15.1. The number of sulfonamides is 1. The van der Waals surface area contributed by atoms with Gasteiger partial charge in [-0.1, -0.05) is 6.07 Å². The maximum Gasteiger partial charge on any atom is 0.321 e. The van der Waals surface area contributed by atoms with Crippen molar-refractivity contribution in [2.24, 2.45) is 5.14 Å².